The number of ether oxygens (including phenoxy) is 2. The lowest BCUT2D eigenvalue weighted by atomic mass is 9.58. The van der Waals surface area contributed by atoms with Crippen molar-refractivity contribution in [2.75, 3.05) is 13.7 Å². The zero-order chi connectivity index (χ0) is 23.8. The van der Waals surface area contributed by atoms with Crippen LogP contribution < -0.4 is 0 Å². The molecule has 2 aromatic carbocycles. The molecule has 1 saturated heterocycles. The molecule has 1 heterocycles. The molecule has 2 aliphatic carbocycles. The lowest BCUT2D eigenvalue weighted by molar-refractivity contribution is -0.298. The summed E-state index contributed by atoms with van der Waals surface area (Å²) in [4.78, 5) is 0. The third kappa shape index (κ3) is 4.81. The van der Waals surface area contributed by atoms with Crippen LogP contribution >= 0.6 is 11.6 Å². The maximum atomic E-state index is 10.4. The average molecular weight is 485 g/mol. The van der Waals surface area contributed by atoms with Gasteiger partial charge < -0.3 is 19.7 Å². The minimum Gasteiger partial charge on any atom is -0.394 e. The van der Waals surface area contributed by atoms with Gasteiger partial charge in [0.25, 0.3) is 0 Å². The molecule has 0 aromatic heterocycles. The molecular formula is C29H37ClO4. The first-order chi connectivity index (χ1) is 16.4. The number of benzene rings is 2. The third-order valence-electron chi connectivity index (χ3n) is 8.72. The minimum atomic E-state index is -1.09. The van der Waals surface area contributed by atoms with Crippen LogP contribution in [0.5, 0.6) is 0 Å². The SMILES string of the molecule is COC1(c2ccc(Cl)c(Cc3ccc(C4CCC5(CCC5)CC4)cc3)c2)CC(O)CC(CO)O1. The normalized spacial score (nSPS) is 29.2. The highest BCUT2D eigenvalue weighted by Crippen LogP contribution is 2.54. The van der Waals surface area contributed by atoms with Gasteiger partial charge in [-0.1, -0.05) is 48.4 Å². The summed E-state index contributed by atoms with van der Waals surface area (Å²) in [6.07, 6.45) is 10.2. The Balaban J connectivity index is 1.30. The van der Waals surface area contributed by atoms with Crippen LogP contribution in [0.25, 0.3) is 0 Å². The molecule has 3 atom stereocenters. The summed E-state index contributed by atoms with van der Waals surface area (Å²) in [5, 5.41) is 20.7. The molecule has 0 bridgehead atoms. The molecule has 34 heavy (non-hydrogen) atoms. The van der Waals surface area contributed by atoms with Gasteiger partial charge in [0.05, 0.1) is 18.8 Å². The Morgan fingerprint density at radius 2 is 1.79 bits per heavy atom. The number of aliphatic hydroxyl groups is 2. The Morgan fingerprint density at radius 1 is 1.06 bits per heavy atom. The quantitative estimate of drug-likeness (QED) is 0.520. The van der Waals surface area contributed by atoms with Crippen LogP contribution in [0.15, 0.2) is 42.5 Å². The lowest BCUT2D eigenvalue weighted by Gasteiger charge is -2.47. The Bertz CT molecular complexity index is 976. The molecule has 2 saturated carbocycles. The fourth-order valence-corrected chi connectivity index (χ4v) is 6.61. The molecule has 0 amide bonds. The predicted molar refractivity (Wildman–Crippen MR) is 134 cm³/mol. The van der Waals surface area contributed by atoms with Crippen molar-refractivity contribution in [3.63, 3.8) is 0 Å². The fourth-order valence-electron chi connectivity index (χ4n) is 6.42. The van der Waals surface area contributed by atoms with Gasteiger partial charge in [0.1, 0.15) is 0 Å². The fraction of sp³-hybridized carbons (Fsp3) is 0.586. The van der Waals surface area contributed by atoms with E-state index in [0.29, 0.717) is 35.6 Å². The van der Waals surface area contributed by atoms with E-state index in [9.17, 15) is 10.2 Å². The van der Waals surface area contributed by atoms with Gasteiger partial charge in [-0.15, -0.1) is 0 Å². The van der Waals surface area contributed by atoms with Crippen molar-refractivity contribution in [1.29, 1.82) is 0 Å². The van der Waals surface area contributed by atoms with Crippen LogP contribution in [-0.2, 0) is 21.7 Å². The van der Waals surface area contributed by atoms with Crippen LogP contribution in [0.1, 0.15) is 86.0 Å². The lowest BCUT2D eigenvalue weighted by Crippen LogP contribution is -2.46. The highest BCUT2D eigenvalue weighted by Gasteiger charge is 2.43. The van der Waals surface area contributed by atoms with Crippen molar-refractivity contribution in [3.05, 3.63) is 69.7 Å². The highest BCUT2D eigenvalue weighted by molar-refractivity contribution is 6.31. The molecular weight excluding hydrogens is 448 g/mol. The second kappa shape index (κ2) is 9.91. The van der Waals surface area contributed by atoms with Crippen molar-refractivity contribution < 1.29 is 19.7 Å². The van der Waals surface area contributed by atoms with E-state index in [1.807, 2.05) is 18.2 Å². The van der Waals surface area contributed by atoms with Crippen molar-refractivity contribution >= 4 is 11.6 Å². The van der Waals surface area contributed by atoms with E-state index in [2.05, 4.69) is 24.3 Å². The third-order valence-corrected chi connectivity index (χ3v) is 9.09. The molecule has 3 aliphatic rings. The zero-order valence-corrected chi connectivity index (χ0v) is 20.9. The van der Waals surface area contributed by atoms with Crippen LogP contribution in [0.3, 0.4) is 0 Å². The molecule has 3 unspecified atom stereocenters. The van der Waals surface area contributed by atoms with Crippen LogP contribution in [0.2, 0.25) is 5.02 Å². The van der Waals surface area contributed by atoms with Gasteiger partial charge in [-0.2, -0.15) is 0 Å². The maximum absolute atomic E-state index is 10.4. The van der Waals surface area contributed by atoms with Crippen molar-refractivity contribution in [3.8, 4) is 0 Å². The molecule has 1 aliphatic heterocycles. The molecule has 5 heteroatoms. The van der Waals surface area contributed by atoms with E-state index in [1.165, 1.54) is 56.1 Å². The van der Waals surface area contributed by atoms with Crippen LogP contribution in [-0.4, -0.2) is 36.1 Å². The van der Waals surface area contributed by atoms with Crippen molar-refractivity contribution in [2.45, 2.75) is 88.1 Å². The van der Waals surface area contributed by atoms with E-state index in [1.54, 1.807) is 7.11 Å². The number of rotatable bonds is 6. The second-order valence-corrected chi connectivity index (χ2v) is 11.2. The first-order valence-electron chi connectivity index (χ1n) is 12.8. The largest absolute Gasteiger partial charge is 0.394 e. The van der Waals surface area contributed by atoms with Crippen LogP contribution in [0.4, 0.5) is 0 Å². The minimum absolute atomic E-state index is 0.156. The Hall–Kier alpha value is -1.43. The highest BCUT2D eigenvalue weighted by atomic mass is 35.5. The van der Waals surface area contributed by atoms with Gasteiger partial charge in [0.15, 0.2) is 5.79 Å². The number of aliphatic hydroxyl groups excluding tert-OH is 2. The summed E-state index contributed by atoms with van der Waals surface area (Å²) >= 11 is 6.59. The standard InChI is InChI=1S/C29H37ClO4/c1-33-29(18-25(32)17-26(19-31)34-29)24-7-8-27(30)23(16-24)15-20-3-5-21(6-4-20)22-9-13-28(14-10-22)11-2-12-28/h3-8,16,22,25-26,31-32H,2,9-15,17-19H2,1H3. The Labute approximate surface area is 208 Å². The maximum Gasteiger partial charge on any atom is 0.197 e. The molecule has 3 fully saturated rings. The van der Waals surface area contributed by atoms with Crippen LogP contribution in [0, 0.1) is 5.41 Å². The van der Waals surface area contributed by atoms with E-state index < -0.39 is 18.0 Å². The molecule has 2 N–H and O–H groups in total. The summed E-state index contributed by atoms with van der Waals surface area (Å²) in [5.41, 5.74) is 5.20. The molecule has 0 radical (unpaired) electrons. The van der Waals surface area contributed by atoms with Gasteiger partial charge in [-0.25, -0.2) is 0 Å². The van der Waals surface area contributed by atoms with Crippen molar-refractivity contribution in [1.82, 2.24) is 0 Å². The number of halogens is 1. The molecule has 4 nitrogen and oxygen atoms in total. The number of hydrogen-bond donors (Lipinski definition) is 2. The number of hydrogen-bond acceptors (Lipinski definition) is 4. The molecule has 1 spiro atoms. The second-order valence-electron chi connectivity index (χ2n) is 10.8. The summed E-state index contributed by atoms with van der Waals surface area (Å²) in [6.45, 7) is -0.156. The molecule has 184 valence electrons. The monoisotopic (exact) mass is 484 g/mol. The van der Waals surface area contributed by atoms with Gasteiger partial charge in [-0.3, -0.25) is 0 Å². The van der Waals surface area contributed by atoms with E-state index in [-0.39, 0.29) is 6.61 Å². The van der Waals surface area contributed by atoms with E-state index in [4.69, 9.17) is 21.1 Å². The van der Waals surface area contributed by atoms with Crippen molar-refractivity contribution in [2.24, 2.45) is 5.41 Å². The van der Waals surface area contributed by atoms with E-state index >= 15 is 0 Å². The summed E-state index contributed by atoms with van der Waals surface area (Å²) in [5.74, 6) is -0.393. The van der Waals surface area contributed by atoms with Gasteiger partial charge >= 0.3 is 0 Å². The zero-order valence-electron chi connectivity index (χ0n) is 20.1. The first-order valence-corrected chi connectivity index (χ1v) is 13.2. The number of methoxy groups -OCH3 is 1. The first kappa shape index (κ1) is 24.3. The van der Waals surface area contributed by atoms with Gasteiger partial charge in [0, 0.05) is 30.5 Å². The summed E-state index contributed by atoms with van der Waals surface area (Å²) < 4.78 is 11.9. The van der Waals surface area contributed by atoms with Gasteiger partial charge in [-0.05, 0) is 85.1 Å². The Morgan fingerprint density at radius 3 is 2.41 bits per heavy atom. The smallest absolute Gasteiger partial charge is 0.197 e. The summed E-state index contributed by atoms with van der Waals surface area (Å²) in [6, 6.07) is 14.9. The molecule has 2 aromatic rings. The van der Waals surface area contributed by atoms with E-state index in [0.717, 1.165) is 11.1 Å². The Kier molecular flexibility index (Phi) is 7.07. The molecule has 5 rings (SSSR count). The topological polar surface area (TPSA) is 58.9 Å². The predicted octanol–water partition coefficient (Wildman–Crippen LogP) is 6.09. The summed E-state index contributed by atoms with van der Waals surface area (Å²) in [7, 11) is 1.58. The van der Waals surface area contributed by atoms with Gasteiger partial charge in [0.2, 0.25) is 0 Å². The average Bonchev–Trinajstić information content (AvgIpc) is 2.84.